The molecule has 0 aliphatic carbocycles. The van der Waals surface area contributed by atoms with Crippen molar-refractivity contribution < 1.29 is 9.47 Å². The molecular formula is C30H26Cl2O2. The van der Waals surface area contributed by atoms with Gasteiger partial charge in [-0.1, -0.05) is 59.6 Å². The Labute approximate surface area is 211 Å². The lowest BCUT2D eigenvalue weighted by molar-refractivity contribution is 0.286. The van der Waals surface area contributed by atoms with E-state index in [4.69, 9.17) is 32.7 Å². The van der Waals surface area contributed by atoms with Gasteiger partial charge >= 0.3 is 0 Å². The van der Waals surface area contributed by atoms with E-state index in [1.807, 2.05) is 24.3 Å². The Kier molecular flexibility index (Phi) is 6.54. The summed E-state index contributed by atoms with van der Waals surface area (Å²) in [5.74, 6) is 1.86. The van der Waals surface area contributed by atoms with Crippen LogP contribution in [-0.4, -0.2) is 13.2 Å². The zero-order valence-corrected chi connectivity index (χ0v) is 20.8. The maximum atomic E-state index is 6.43. The first-order valence-corrected chi connectivity index (χ1v) is 12.3. The normalized spacial score (nSPS) is 13.3. The van der Waals surface area contributed by atoms with Crippen LogP contribution < -0.4 is 9.47 Å². The zero-order chi connectivity index (χ0) is 23.7. The first-order valence-electron chi connectivity index (χ1n) is 11.5. The summed E-state index contributed by atoms with van der Waals surface area (Å²) in [4.78, 5) is 0. The van der Waals surface area contributed by atoms with Gasteiger partial charge in [0.15, 0.2) is 0 Å². The van der Waals surface area contributed by atoms with Gasteiger partial charge in [-0.15, -0.1) is 0 Å². The van der Waals surface area contributed by atoms with E-state index < -0.39 is 0 Å². The van der Waals surface area contributed by atoms with Gasteiger partial charge in [-0.05, 0) is 83.6 Å². The van der Waals surface area contributed by atoms with Gasteiger partial charge < -0.3 is 9.47 Å². The molecule has 0 bridgehead atoms. The summed E-state index contributed by atoms with van der Waals surface area (Å²) >= 11 is 12.3. The Hall–Kier alpha value is -2.94. The van der Waals surface area contributed by atoms with Gasteiger partial charge in [0.05, 0.1) is 13.2 Å². The Balaban J connectivity index is 1.52. The van der Waals surface area contributed by atoms with Crippen molar-refractivity contribution in [3.05, 3.63) is 105 Å². The lowest BCUT2D eigenvalue weighted by Gasteiger charge is -2.22. The molecule has 0 aromatic heterocycles. The molecule has 0 radical (unpaired) electrons. The molecule has 0 fully saturated rings. The highest BCUT2D eigenvalue weighted by Crippen LogP contribution is 2.37. The lowest BCUT2D eigenvalue weighted by atomic mass is 9.93. The predicted molar refractivity (Wildman–Crippen MR) is 142 cm³/mol. The van der Waals surface area contributed by atoms with Gasteiger partial charge in [-0.25, -0.2) is 0 Å². The summed E-state index contributed by atoms with van der Waals surface area (Å²) in [6.07, 6.45) is 1.49. The van der Waals surface area contributed by atoms with E-state index in [1.54, 1.807) is 0 Å². The predicted octanol–water partition coefficient (Wildman–Crippen LogP) is 8.50. The summed E-state index contributed by atoms with van der Waals surface area (Å²) in [6.45, 7) is 5.34. The summed E-state index contributed by atoms with van der Waals surface area (Å²) in [7, 11) is 0. The van der Waals surface area contributed by atoms with E-state index in [9.17, 15) is 0 Å². The Morgan fingerprint density at radius 2 is 0.941 bits per heavy atom. The second kappa shape index (κ2) is 9.74. The molecule has 172 valence electrons. The van der Waals surface area contributed by atoms with Crippen LogP contribution in [0.3, 0.4) is 0 Å². The largest absolute Gasteiger partial charge is 0.493 e. The third-order valence-electron chi connectivity index (χ3n) is 6.24. The van der Waals surface area contributed by atoms with Gasteiger partial charge in [0, 0.05) is 34.0 Å². The fourth-order valence-corrected chi connectivity index (χ4v) is 4.89. The first-order chi connectivity index (χ1) is 16.5. The van der Waals surface area contributed by atoms with Crippen LogP contribution in [0.4, 0.5) is 0 Å². The number of aryl methyl sites for hydroxylation is 2. The topological polar surface area (TPSA) is 18.5 Å². The molecular weight excluding hydrogens is 463 g/mol. The molecule has 0 N–H and O–H groups in total. The molecule has 0 unspecified atom stereocenters. The molecule has 4 aromatic carbocycles. The molecule has 1 aliphatic rings. The van der Waals surface area contributed by atoms with Crippen molar-refractivity contribution >= 4 is 23.2 Å². The fourth-order valence-electron chi connectivity index (χ4n) is 4.64. The molecule has 5 rings (SSSR count). The third-order valence-corrected chi connectivity index (χ3v) is 6.74. The smallest absolute Gasteiger partial charge is 0.123 e. The zero-order valence-electron chi connectivity index (χ0n) is 19.3. The van der Waals surface area contributed by atoms with E-state index in [2.05, 4.69) is 62.4 Å². The minimum absolute atomic E-state index is 0.566. The van der Waals surface area contributed by atoms with Gasteiger partial charge in [-0.2, -0.15) is 0 Å². The number of hydrogen-bond acceptors (Lipinski definition) is 2. The third kappa shape index (κ3) is 4.80. The van der Waals surface area contributed by atoms with Crippen LogP contribution in [0.2, 0.25) is 10.0 Å². The molecule has 1 aliphatic heterocycles. The number of ether oxygens (including phenoxy) is 2. The van der Waals surface area contributed by atoms with Crippen molar-refractivity contribution in [2.24, 2.45) is 0 Å². The van der Waals surface area contributed by atoms with Crippen LogP contribution in [0.25, 0.3) is 22.3 Å². The maximum Gasteiger partial charge on any atom is 0.123 e. The minimum atomic E-state index is 0.566. The highest BCUT2D eigenvalue weighted by atomic mass is 35.5. The Morgan fingerprint density at radius 1 is 0.559 bits per heavy atom. The van der Waals surface area contributed by atoms with Crippen molar-refractivity contribution in [2.75, 3.05) is 13.2 Å². The average molecular weight is 489 g/mol. The summed E-state index contributed by atoms with van der Waals surface area (Å²) in [6, 6.07) is 24.7. The van der Waals surface area contributed by atoms with Crippen molar-refractivity contribution in [2.45, 2.75) is 26.7 Å². The maximum absolute atomic E-state index is 6.43. The molecule has 4 heteroatoms. The van der Waals surface area contributed by atoms with Crippen molar-refractivity contribution in [1.82, 2.24) is 0 Å². The lowest BCUT2D eigenvalue weighted by Crippen LogP contribution is -2.13. The van der Waals surface area contributed by atoms with Crippen LogP contribution in [0, 0.1) is 13.8 Å². The first kappa shape index (κ1) is 22.8. The molecule has 4 aromatic rings. The van der Waals surface area contributed by atoms with E-state index in [1.165, 1.54) is 33.4 Å². The number of benzene rings is 4. The van der Waals surface area contributed by atoms with Crippen LogP contribution in [0.5, 0.6) is 11.5 Å². The quantitative estimate of drug-likeness (QED) is 0.281. The molecule has 0 saturated carbocycles. The minimum Gasteiger partial charge on any atom is -0.493 e. The molecule has 2 nitrogen and oxygen atoms in total. The Morgan fingerprint density at radius 3 is 1.32 bits per heavy atom. The summed E-state index contributed by atoms with van der Waals surface area (Å²) in [5, 5.41) is 1.46. The van der Waals surface area contributed by atoms with E-state index in [0.717, 1.165) is 45.5 Å². The van der Waals surface area contributed by atoms with Gasteiger partial charge in [0.2, 0.25) is 0 Å². The highest BCUT2D eigenvalue weighted by molar-refractivity contribution is 6.30. The second-order valence-electron chi connectivity index (χ2n) is 8.79. The van der Waals surface area contributed by atoms with Crippen molar-refractivity contribution in [1.29, 1.82) is 0 Å². The highest BCUT2D eigenvalue weighted by Gasteiger charge is 2.18. The van der Waals surface area contributed by atoms with Gasteiger partial charge in [0.25, 0.3) is 0 Å². The summed E-state index contributed by atoms with van der Waals surface area (Å²) < 4.78 is 12.9. The number of fused-ring (bicyclic) bond motifs is 2. The van der Waals surface area contributed by atoms with Crippen molar-refractivity contribution in [3.8, 4) is 33.8 Å². The number of rotatable bonds is 2. The second-order valence-corrected chi connectivity index (χ2v) is 9.66. The van der Waals surface area contributed by atoms with Crippen LogP contribution in [0.1, 0.15) is 22.3 Å². The average Bonchev–Trinajstić information content (AvgIpc) is 2.82. The number of halogens is 2. The Bertz CT molecular complexity index is 1220. The molecule has 1 heterocycles. The van der Waals surface area contributed by atoms with Gasteiger partial charge in [0.1, 0.15) is 11.5 Å². The van der Waals surface area contributed by atoms with Crippen LogP contribution in [-0.2, 0) is 12.8 Å². The van der Waals surface area contributed by atoms with E-state index in [0.29, 0.717) is 13.2 Å². The standard InChI is InChI=1S/C30H26Cl2O2/c1-19-15-27(21-3-7-23(31)8-4-21)25-11-14-34-30-18-20(2)16-28(22-5-9-24(32)10-6-22)26(30)12-13-33-29(25)17-19/h3-10,15-18H,11-14H2,1-2H3. The monoisotopic (exact) mass is 488 g/mol. The van der Waals surface area contributed by atoms with E-state index in [-0.39, 0.29) is 0 Å². The summed E-state index contributed by atoms with van der Waals surface area (Å²) in [5.41, 5.74) is 9.27. The van der Waals surface area contributed by atoms with Gasteiger partial charge in [-0.3, -0.25) is 0 Å². The fraction of sp³-hybridized carbons (Fsp3) is 0.200. The van der Waals surface area contributed by atoms with Crippen molar-refractivity contribution in [3.63, 3.8) is 0 Å². The van der Waals surface area contributed by atoms with E-state index >= 15 is 0 Å². The molecule has 0 spiro atoms. The number of hydrogen-bond donors (Lipinski definition) is 0. The SMILES string of the molecule is Cc1cc2c(c(-c3ccc(Cl)cc3)c1)CCOc1cc(C)cc(-c3ccc(Cl)cc3)c1CCO2. The molecule has 0 atom stereocenters. The van der Waals surface area contributed by atoms with Crippen LogP contribution >= 0.6 is 23.2 Å². The molecule has 0 amide bonds. The molecule has 0 saturated heterocycles. The molecule has 34 heavy (non-hydrogen) atoms. The van der Waals surface area contributed by atoms with Crippen LogP contribution in [0.15, 0.2) is 72.8 Å².